The molecule has 0 unspecified atom stereocenters. The lowest BCUT2D eigenvalue weighted by Crippen LogP contribution is -1.94. The molecule has 2 rings (SSSR count). The standard InChI is InChI=1S/C13H11F2N/c1-9-3-2-4-11(7-9)16-13-6-5-10(14)8-12(13)15/h2-8,16H,1H3. The Balaban J connectivity index is 2.27. The maximum Gasteiger partial charge on any atom is 0.149 e. The zero-order chi connectivity index (χ0) is 11.5. The molecular weight excluding hydrogens is 208 g/mol. The van der Waals surface area contributed by atoms with Crippen molar-refractivity contribution in [2.45, 2.75) is 6.92 Å². The van der Waals surface area contributed by atoms with Gasteiger partial charge in [0.15, 0.2) is 0 Å². The van der Waals surface area contributed by atoms with Gasteiger partial charge in [-0.25, -0.2) is 8.78 Å². The lowest BCUT2D eigenvalue weighted by Gasteiger charge is -2.08. The number of nitrogens with one attached hydrogen (secondary N) is 1. The first-order chi connectivity index (χ1) is 7.65. The molecule has 0 aliphatic carbocycles. The maximum atomic E-state index is 13.3. The van der Waals surface area contributed by atoms with Crippen LogP contribution in [0.4, 0.5) is 20.2 Å². The van der Waals surface area contributed by atoms with Crippen LogP contribution >= 0.6 is 0 Å². The third-order valence-electron chi connectivity index (χ3n) is 2.23. The van der Waals surface area contributed by atoms with Gasteiger partial charge in [-0.3, -0.25) is 0 Å². The third-order valence-corrected chi connectivity index (χ3v) is 2.23. The summed E-state index contributed by atoms with van der Waals surface area (Å²) < 4.78 is 26.0. The van der Waals surface area contributed by atoms with E-state index in [0.717, 1.165) is 17.3 Å². The Bertz CT molecular complexity index is 509. The van der Waals surface area contributed by atoms with Gasteiger partial charge in [0.25, 0.3) is 0 Å². The fourth-order valence-electron chi connectivity index (χ4n) is 1.47. The predicted octanol–water partition coefficient (Wildman–Crippen LogP) is 4.02. The molecule has 0 atom stereocenters. The van der Waals surface area contributed by atoms with Gasteiger partial charge in [-0.05, 0) is 36.8 Å². The van der Waals surface area contributed by atoms with Crippen LogP contribution in [0, 0.1) is 18.6 Å². The summed E-state index contributed by atoms with van der Waals surface area (Å²) in [6, 6.07) is 11.0. The first-order valence-electron chi connectivity index (χ1n) is 4.94. The van der Waals surface area contributed by atoms with Crippen molar-refractivity contribution < 1.29 is 8.78 Å². The number of aryl methyl sites for hydroxylation is 1. The fourth-order valence-corrected chi connectivity index (χ4v) is 1.47. The summed E-state index contributed by atoms with van der Waals surface area (Å²) in [6.07, 6.45) is 0. The van der Waals surface area contributed by atoms with E-state index in [9.17, 15) is 8.78 Å². The van der Waals surface area contributed by atoms with E-state index in [1.165, 1.54) is 12.1 Å². The monoisotopic (exact) mass is 219 g/mol. The number of benzene rings is 2. The van der Waals surface area contributed by atoms with Crippen LogP contribution in [0.3, 0.4) is 0 Å². The summed E-state index contributed by atoms with van der Waals surface area (Å²) in [6.45, 7) is 1.95. The Morgan fingerprint density at radius 2 is 1.81 bits per heavy atom. The van der Waals surface area contributed by atoms with Gasteiger partial charge in [0.05, 0.1) is 5.69 Å². The number of anilines is 2. The highest BCUT2D eigenvalue weighted by Crippen LogP contribution is 2.21. The predicted molar refractivity (Wildman–Crippen MR) is 60.8 cm³/mol. The average molecular weight is 219 g/mol. The van der Waals surface area contributed by atoms with E-state index in [0.29, 0.717) is 0 Å². The lowest BCUT2D eigenvalue weighted by atomic mass is 10.2. The molecule has 0 spiro atoms. The van der Waals surface area contributed by atoms with E-state index in [4.69, 9.17) is 0 Å². The summed E-state index contributed by atoms with van der Waals surface area (Å²) in [4.78, 5) is 0. The van der Waals surface area contributed by atoms with Crippen LogP contribution in [0.25, 0.3) is 0 Å². The zero-order valence-electron chi connectivity index (χ0n) is 8.80. The number of hydrogen-bond acceptors (Lipinski definition) is 1. The van der Waals surface area contributed by atoms with Gasteiger partial charge < -0.3 is 5.32 Å². The molecule has 1 N–H and O–H groups in total. The quantitative estimate of drug-likeness (QED) is 0.804. The average Bonchev–Trinajstić information content (AvgIpc) is 2.22. The molecular formula is C13H11F2N. The largest absolute Gasteiger partial charge is 0.353 e. The fraction of sp³-hybridized carbons (Fsp3) is 0.0769. The zero-order valence-corrected chi connectivity index (χ0v) is 8.80. The van der Waals surface area contributed by atoms with E-state index in [2.05, 4.69) is 5.32 Å². The molecule has 0 radical (unpaired) electrons. The second-order valence-corrected chi connectivity index (χ2v) is 3.62. The molecule has 0 aliphatic rings. The molecule has 1 nitrogen and oxygen atoms in total. The van der Waals surface area contributed by atoms with Gasteiger partial charge in [0, 0.05) is 11.8 Å². The molecule has 0 saturated heterocycles. The van der Waals surface area contributed by atoms with Crippen molar-refractivity contribution in [3.63, 3.8) is 0 Å². The molecule has 82 valence electrons. The summed E-state index contributed by atoms with van der Waals surface area (Å²) in [5.41, 5.74) is 2.13. The van der Waals surface area contributed by atoms with Gasteiger partial charge >= 0.3 is 0 Å². The Morgan fingerprint density at radius 3 is 2.50 bits per heavy atom. The van der Waals surface area contributed by atoms with Gasteiger partial charge in [0.2, 0.25) is 0 Å². The Morgan fingerprint density at radius 1 is 1.00 bits per heavy atom. The smallest absolute Gasteiger partial charge is 0.149 e. The van der Waals surface area contributed by atoms with Crippen LogP contribution in [0.15, 0.2) is 42.5 Å². The van der Waals surface area contributed by atoms with Crippen molar-refractivity contribution in [2.75, 3.05) is 5.32 Å². The van der Waals surface area contributed by atoms with Gasteiger partial charge in [-0.15, -0.1) is 0 Å². The summed E-state index contributed by atoms with van der Waals surface area (Å²) >= 11 is 0. The van der Waals surface area contributed by atoms with Gasteiger partial charge in [-0.2, -0.15) is 0 Å². The first kappa shape index (κ1) is 10.6. The van der Waals surface area contributed by atoms with E-state index in [1.807, 2.05) is 31.2 Å². The van der Waals surface area contributed by atoms with Crippen molar-refractivity contribution in [2.24, 2.45) is 0 Å². The molecule has 0 heterocycles. The lowest BCUT2D eigenvalue weighted by molar-refractivity contribution is 0.586. The molecule has 3 heteroatoms. The first-order valence-corrected chi connectivity index (χ1v) is 4.94. The van der Waals surface area contributed by atoms with Crippen molar-refractivity contribution in [3.05, 3.63) is 59.7 Å². The van der Waals surface area contributed by atoms with Crippen LogP contribution in [0.1, 0.15) is 5.56 Å². The SMILES string of the molecule is Cc1cccc(Nc2ccc(F)cc2F)c1. The summed E-state index contributed by atoms with van der Waals surface area (Å²) in [7, 11) is 0. The normalized spacial score (nSPS) is 10.2. The molecule has 0 fully saturated rings. The second kappa shape index (κ2) is 4.31. The number of hydrogen-bond donors (Lipinski definition) is 1. The molecule has 2 aromatic carbocycles. The second-order valence-electron chi connectivity index (χ2n) is 3.62. The summed E-state index contributed by atoms with van der Waals surface area (Å²) in [5, 5.41) is 2.90. The minimum absolute atomic E-state index is 0.270. The minimum Gasteiger partial charge on any atom is -0.353 e. The van der Waals surface area contributed by atoms with E-state index < -0.39 is 11.6 Å². The molecule has 0 amide bonds. The van der Waals surface area contributed by atoms with Crippen molar-refractivity contribution in [3.8, 4) is 0 Å². The van der Waals surface area contributed by atoms with Crippen LogP contribution in [0.2, 0.25) is 0 Å². The highest BCUT2D eigenvalue weighted by atomic mass is 19.1. The Hall–Kier alpha value is -1.90. The molecule has 2 aromatic rings. The van der Waals surface area contributed by atoms with Crippen molar-refractivity contribution in [1.29, 1.82) is 0 Å². The van der Waals surface area contributed by atoms with Crippen LogP contribution in [-0.4, -0.2) is 0 Å². The van der Waals surface area contributed by atoms with Crippen LogP contribution in [-0.2, 0) is 0 Å². The molecule has 16 heavy (non-hydrogen) atoms. The number of rotatable bonds is 2. The molecule has 0 aromatic heterocycles. The Labute approximate surface area is 92.7 Å². The third kappa shape index (κ3) is 2.37. The van der Waals surface area contributed by atoms with Gasteiger partial charge in [-0.1, -0.05) is 12.1 Å². The van der Waals surface area contributed by atoms with E-state index in [-0.39, 0.29) is 5.69 Å². The Kier molecular flexibility index (Phi) is 2.86. The van der Waals surface area contributed by atoms with Crippen LogP contribution in [0.5, 0.6) is 0 Å². The molecule has 0 saturated carbocycles. The highest BCUT2D eigenvalue weighted by molar-refractivity contribution is 5.60. The topological polar surface area (TPSA) is 12.0 Å². The molecule has 0 aliphatic heterocycles. The summed E-state index contributed by atoms with van der Waals surface area (Å²) in [5.74, 6) is -1.17. The van der Waals surface area contributed by atoms with E-state index in [1.54, 1.807) is 0 Å². The minimum atomic E-state index is -0.596. The van der Waals surface area contributed by atoms with Crippen molar-refractivity contribution >= 4 is 11.4 Å². The van der Waals surface area contributed by atoms with E-state index >= 15 is 0 Å². The van der Waals surface area contributed by atoms with Gasteiger partial charge in [0.1, 0.15) is 11.6 Å². The molecule has 0 bridgehead atoms. The maximum absolute atomic E-state index is 13.3. The highest BCUT2D eigenvalue weighted by Gasteiger charge is 2.03. The van der Waals surface area contributed by atoms with Crippen LogP contribution < -0.4 is 5.32 Å². The number of halogens is 2. The van der Waals surface area contributed by atoms with Crippen molar-refractivity contribution in [1.82, 2.24) is 0 Å².